The van der Waals surface area contributed by atoms with E-state index in [-0.39, 0.29) is 12.3 Å². The summed E-state index contributed by atoms with van der Waals surface area (Å²) in [6.07, 6.45) is 0.293. The lowest BCUT2D eigenvalue weighted by molar-refractivity contribution is -0.119. The van der Waals surface area contributed by atoms with E-state index in [1.807, 2.05) is 5.32 Å². The van der Waals surface area contributed by atoms with Crippen LogP contribution in [0, 0.1) is 0 Å². The maximum atomic E-state index is 11.6. The highest BCUT2D eigenvalue weighted by molar-refractivity contribution is 7.92. The number of nitrogens with two attached hydrogens (primary N) is 1. The van der Waals surface area contributed by atoms with Gasteiger partial charge in [-0.1, -0.05) is 0 Å². The minimum atomic E-state index is -3.55. The Morgan fingerprint density at radius 3 is 2.41 bits per heavy atom. The SMILES string of the molecule is CCNC(=O)NC(=O)C(C)S(=O)(=O)CCCN. The summed E-state index contributed by atoms with van der Waals surface area (Å²) in [6, 6.07) is -0.696. The normalized spacial score (nSPS) is 12.9. The van der Waals surface area contributed by atoms with Crippen molar-refractivity contribution >= 4 is 21.8 Å². The summed E-state index contributed by atoms with van der Waals surface area (Å²) in [5.41, 5.74) is 5.20. The van der Waals surface area contributed by atoms with Gasteiger partial charge in [-0.15, -0.1) is 0 Å². The van der Waals surface area contributed by atoms with Crippen LogP contribution in [0.5, 0.6) is 0 Å². The van der Waals surface area contributed by atoms with Gasteiger partial charge in [-0.05, 0) is 26.8 Å². The average Bonchev–Trinajstić information content (AvgIpc) is 2.25. The molecule has 0 heterocycles. The summed E-state index contributed by atoms with van der Waals surface area (Å²) >= 11 is 0. The third kappa shape index (κ3) is 5.64. The van der Waals surface area contributed by atoms with Crippen molar-refractivity contribution in [3.05, 3.63) is 0 Å². The van der Waals surface area contributed by atoms with Crippen LogP contribution in [0.1, 0.15) is 20.3 Å². The van der Waals surface area contributed by atoms with E-state index in [9.17, 15) is 18.0 Å². The second-order valence-corrected chi connectivity index (χ2v) is 5.94. The fourth-order valence-electron chi connectivity index (χ4n) is 1.04. The second-order valence-electron chi connectivity index (χ2n) is 3.50. The molecule has 17 heavy (non-hydrogen) atoms. The third-order valence-electron chi connectivity index (χ3n) is 2.11. The van der Waals surface area contributed by atoms with Crippen molar-refractivity contribution in [3.8, 4) is 0 Å². The summed E-state index contributed by atoms with van der Waals surface area (Å²) < 4.78 is 23.2. The van der Waals surface area contributed by atoms with Gasteiger partial charge in [0.2, 0.25) is 5.91 Å². The lowest BCUT2D eigenvalue weighted by Crippen LogP contribution is -2.46. The molecule has 100 valence electrons. The molecule has 0 aliphatic heterocycles. The molecule has 0 bridgehead atoms. The van der Waals surface area contributed by atoms with Gasteiger partial charge in [0.05, 0.1) is 5.75 Å². The summed E-state index contributed by atoms with van der Waals surface area (Å²) in [5, 5.41) is 3.05. The Morgan fingerprint density at radius 2 is 1.94 bits per heavy atom. The highest BCUT2D eigenvalue weighted by Gasteiger charge is 2.28. The van der Waals surface area contributed by atoms with E-state index in [1.54, 1.807) is 6.92 Å². The fourth-order valence-corrected chi connectivity index (χ4v) is 2.35. The molecule has 0 rings (SSSR count). The third-order valence-corrected chi connectivity index (χ3v) is 4.26. The number of rotatable bonds is 6. The molecule has 7 nitrogen and oxygen atoms in total. The minimum Gasteiger partial charge on any atom is -0.338 e. The molecule has 0 spiro atoms. The van der Waals surface area contributed by atoms with Crippen LogP contribution in [0.25, 0.3) is 0 Å². The van der Waals surface area contributed by atoms with Gasteiger partial charge in [-0.3, -0.25) is 10.1 Å². The standard InChI is InChI=1S/C9H19N3O4S/c1-3-11-9(14)12-8(13)7(2)17(15,16)6-4-5-10/h7H,3-6,10H2,1-2H3,(H2,11,12,13,14). The Balaban J connectivity index is 4.44. The number of urea groups is 1. The van der Waals surface area contributed by atoms with Crippen LogP contribution in [-0.4, -0.2) is 44.4 Å². The quantitative estimate of drug-likeness (QED) is 0.568. The summed E-state index contributed by atoms with van der Waals surface area (Å²) in [7, 11) is -3.55. The predicted octanol–water partition coefficient (Wildman–Crippen LogP) is -1.02. The van der Waals surface area contributed by atoms with Gasteiger partial charge < -0.3 is 11.1 Å². The Labute approximate surface area is 101 Å². The highest BCUT2D eigenvalue weighted by Crippen LogP contribution is 2.03. The number of nitrogens with one attached hydrogen (secondary N) is 2. The van der Waals surface area contributed by atoms with Crippen molar-refractivity contribution in [1.29, 1.82) is 0 Å². The fraction of sp³-hybridized carbons (Fsp3) is 0.778. The summed E-state index contributed by atoms with van der Waals surface area (Å²) in [6.45, 7) is 3.53. The van der Waals surface area contributed by atoms with Gasteiger partial charge in [-0.25, -0.2) is 13.2 Å². The summed E-state index contributed by atoms with van der Waals surface area (Å²) in [4.78, 5) is 22.5. The molecule has 0 saturated carbocycles. The van der Waals surface area contributed by atoms with Gasteiger partial charge in [0.15, 0.2) is 9.84 Å². The molecule has 0 radical (unpaired) electrons. The average molecular weight is 265 g/mol. The predicted molar refractivity (Wildman–Crippen MR) is 64.1 cm³/mol. The number of hydrogen-bond donors (Lipinski definition) is 3. The first-order valence-corrected chi connectivity index (χ1v) is 7.07. The van der Waals surface area contributed by atoms with E-state index in [0.717, 1.165) is 0 Å². The monoisotopic (exact) mass is 265 g/mol. The van der Waals surface area contributed by atoms with Crippen LogP contribution in [0.3, 0.4) is 0 Å². The van der Waals surface area contributed by atoms with Crippen LogP contribution in [0.4, 0.5) is 4.79 Å². The van der Waals surface area contributed by atoms with Crippen molar-refractivity contribution < 1.29 is 18.0 Å². The van der Waals surface area contributed by atoms with Crippen LogP contribution in [0.2, 0.25) is 0 Å². The molecule has 1 atom stereocenters. The van der Waals surface area contributed by atoms with Crippen LogP contribution in [0.15, 0.2) is 0 Å². The maximum absolute atomic E-state index is 11.6. The van der Waals surface area contributed by atoms with Gasteiger partial charge >= 0.3 is 6.03 Å². The molecule has 8 heteroatoms. The zero-order valence-electron chi connectivity index (χ0n) is 10.0. The maximum Gasteiger partial charge on any atom is 0.321 e. The van der Waals surface area contributed by atoms with Gasteiger partial charge in [0, 0.05) is 6.54 Å². The molecule has 0 aromatic carbocycles. The van der Waals surface area contributed by atoms with Crippen molar-refractivity contribution in [2.75, 3.05) is 18.8 Å². The van der Waals surface area contributed by atoms with Crippen molar-refractivity contribution in [1.82, 2.24) is 10.6 Å². The largest absolute Gasteiger partial charge is 0.338 e. The topological polar surface area (TPSA) is 118 Å². The molecule has 0 aromatic heterocycles. The number of sulfone groups is 1. The number of imide groups is 1. The Hall–Kier alpha value is -1.15. The lowest BCUT2D eigenvalue weighted by Gasteiger charge is -2.12. The van der Waals surface area contributed by atoms with Gasteiger partial charge in [-0.2, -0.15) is 0 Å². The van der Waals surface area contributed by atoms with Crippen molar-refractivity contribution in [2.24, 2.45) is 5.73 Å². The lowest BCUT2D eigenvalue weighted by atomic mass is 10.4. The molecule has 0 aromatic rings. The number of amides is 3. The molecule has 0 aliphatic carbocycles. The van der Waals surface area contributed by atoms with E-state index in [1.165, 1.54) is 6.92 Å². The first-order chi connectivity index (χ1) is 7.85. The Bertz CT molecular complexity index is 366. The molecule has 0 saturated heterocycles. The first-order valence-electron chi connectivity index (χ1n) is 5.35. The van der Waals surface area contributed by atoms with Crippen molar-refractivity contribution in [3.63, 3.8) is 0 Å². The number of carbonyl (C=O) groups excluding carboxylic acids is 2. The van der Waals surface area contributed by atoms with E-state index in [0.29, 0.717) is 13.0 Å². The summed E-state index contributed by atoms with van der Waals surface area (Å²) in [5.74, 6) is -0.985. The van der Waals surface area contributed by atoms with E-state index in [4.69, 9.17) is 5.73 Å². The molecule has 0 fully saturated rings. The number of carbonyl (C=O) groups is 2. The van der Waals surface area contributed by atoms with E-state index >= 15 is 0 Å². The molecule has 4 N–H and O–H groups in total. The number of hydrogen-bond acceptors (Lipinski definition) is 5. The highest BCUT2D eigenvalue weighted by atomic mass is 32.2. The van der Waals surface area contributed by atoms with E-state index in [2.05, 4.69) is 5.32 Å². The van der Waals surface area contributed by atoms with Crippen LogP contribution in [-0.2, 0) is 14.6 Å². The first kappa shape index (κ1) is 15.9. The molecular weight excluding hydrogens is 246 g/mol. The molecular formula is C9H19N3O4S. The van der Waals surface area contributed by atoms with Gasteiger partial charge in [0.25, 0.3) is 0 Å². The second kappa shape index (κ2) is 7.23. The molecule has 0 aliphatic rings. The zero-order valence-corrected chi connectivity index (χ0v) is 10.8. The molecule has 1 unspecified atom stereocenters. The smallest absolute Gasteiger partial charge is 0.321 e. The van der Waals surface area contributed by atoms with Gasteiger partial charge in [0.1, 0.15) is 5.25 Å². The van der Waals surface area contributed by atoms with Crippen molar-refractivity contribution in [2.45, 2.75) is 25.5 Å². The minimum absolute atomic E-state index is 0.159. The molecule has 3 amide bonds. The Morgan fingerprint density at radius 1 is 1.35 bits per heavy atom. The Kier molecular flexibility index (Phi) is 6.74. The van der Waals surface area contributed by atoms with E-state index < -0.39 is 27.0 Å². The zero-order chi connectivity index (χ0) is 13.5. The van der Waals surface area contributed by atoms with Crippen LogP contribution < -0.4 is 16.4 Å². The van der Waals surface area contributed by atoms with Crippen LogP contribution >= 0.6 is 0 Å².